The number of imidazole rings is 1. The molecule has 0 radical (unpaired) electrons. The SMILES string of the molecule is Cn1cncc1C(=O)NC1CCCC[C@H]1N1Cc2ccc(C(=N)NC(=O)C(F)(F)F)cc2C1=O. The van der Waals surface area contributed by atoms with Gasteiger partial charge >= 0.3 is 12.1 Å². The molecule has 0 spiro atoms. The number of halogens is 3. The van der Waals surface area contributed by atoms with E-state index in [1.165, 1.54) is 30.0 Å². The molecular formula is C22H23F3N6O3. The molecule has 0 saturated heterocycles. The smallest absolute Gasteiger partial charge is 0.346 e. The molecule has 3 amide bonds. The van der Waals surface area contributed by atoms with E-state index in [1.807, 2.05) is 0 Å². The topological polar surface area (TPSA) is 120 Å². The molecule has 1 saturated carbocycles. The molecule has 12 heteroatoms. The molecule has 34 heavy (non-hydrogen) atoms. The number of rotatable bonds is 4. The Bertz CT molecular complexity index is 1160. The summed E-state index contributed by atoms with van der Waals surface area (Å²) in [6.07, 6.45) is 1.07. The van der Waals surface area contributed by atoms with Gasteiger partial charge in [-0.3, -0.25) is 19.8 Å². The van der Waals surface area contributed by atoms with Gasteiger partial charge in [-0.2, -0.15) is 13.2 Å². The van der Waals surface area contributed by atoms with Gasteiger partial charge in [0, 0.05) is 30.8 Å². The molecule has 4 rings (SSSR count). The predicted octanol–water partition coefficient (Wildman–Crippen LogP) is 2.12. The van der Waals surface area contributed by atoms with Crippen LogP contribution in [0.15, 0.2) is 30.7 Å². The van der Waals surface area contributed by atoms with E-state index in [1.54, 1.807) is 22.6 Å². The third-order valence-electron chi connectivity index (χ3n) is 6.22. The highest BCUT2D eigenvalue weighted by Crippen LogP contribution is 2.32. The van der Waals surface area contributed by atoms with E-state index in [4.69, 9.17) is 5.41 Å². The molecule has 3 N–H and O–H groups in total. The lowest BCUT2D eigenvalue weighted by Crippen LogP contribution is -2.53. The summed E-state index contributed by atoms with van der Waals surface area (Å²) in [7, 11) is 1.72. The number of amidine groups is 1. The predicted molar refractivity (Wildman–Crippen MR) is 114 cm³/mol. The van der Waals surface area contributed by atoms with Crippen molar-refractivity contribution in [2.24, 2.45) is 7.05 Å². The molecule has 1 aliphatic carbocycles. The summed E-state index contributed by atoms with van der Waals surface area (Å²) in [5, 5.41) is 12.3. The fourth-order valence-corrected chi connectivity index (χ4v) is 4.47. The van der Waals surface area contributed by atoms with Crippen molar-refractivity contribution in [3.05, 3.63) is 53.1 Å². The van der Waals surface area contributed by atoms with Crippen LogP contribution < -0.4 is 10.6 Å². The molecule has 0 bridgehead atoms. The normalized spacial score (nSPS) is 20.1. The lowest BCUT2D eigenvalue weighted by atomic mass is 9.89. The first kappa shape index (κ1) is 23.5. The van der Waals surface area contributed by atoms with Crippen molar-refractivity contribution in [3.8, 4) is 0 Å². The number of carbonyl (C=O) groups is 3. The zero-order valence-corrected chi connectivity index (χ0v) is 18.3. The number of aromatic nitrogens is 2. The van der Waals surface area contributed by atoms with E-state index in [0.29, 0.717) is 30.6 Å². The Morgan fingerprint density at radius 3 is 2.62 bits per heavy atom. The van der Waals surface area contributed by atoms with E-state index >= 15 is 0 Å². The minimum absolute atomic E-state index is 0.00347. The van der Waals surface area contributed by atoms with Crippen molar-refractivity contribution in [1.82, 2.24) is 25.1 Å². The fourth-order valence-electron chi connectivity index (χ4n) is 4.47. The zero-order chi connectivity index (χ0) is 24.6. The molecule has 2 aliphatic rings. The van der Waals surface area contributed by atoms with Crippen LogP contribution in [0.5, 0.6) is 0 Å². The van der Waals surface area contributed by atoms with Gasteiger partial charge in [-0.1, -0.05) is 25.0 Å². The minimum atomic E-state index is -5.12. The van der Waals surface area contributed by atoms with Gasteiger partial charge in [0.15, 0.2) is 0 Å². The van der Waals surface area contributed by atoms with Crippen LogP contribution in [0.2, 0.25) is 0 Å². The van der Waals surface area contributed by atoms with Crippen LogP contribution >= 0.6 is 0 Å². The van der Waals surface area contributed by atoms with Crippen LogP contribution in [0, 0.1) is 5.41 Å². The number of hydrogen-bond acceptors (Lipinski definition) is 5. The molecule has 2 atom stereocenters. The van der Waals surface area contributed by atoms with Crippen molar-refractivity contribution < 1.29 is 27.6 Å². The monoisotopic (exact) mass is 476 g/mol. The maximum Gasteiger partial charge on any atom is 0.471 e. The lowest BCUT2D eigenvalue weighted by Gasteiger charge is -2.38. The Labute approximate surface area is 192 Å². The van der Waals surface area contributed by atoms with Crippen LogP contribution in [0.3, 0.4) is 0 Å². The molecule has 2 aromatic rings. The van der Waals surface area contributed by atoms with Crippen LogP contribution in [0.25, 0.3) is 0 Å². The fraction of sp³-hybridized carbons (Fsp3) is 0.409. The first-order chi connectivity index (χ1) is 16.1. The largest absolute Gasteiger partial charge is 0.471 e. The van der Waals surface area contributed by atoms with Gasteiger partial charge in [-0.05, 0) is 24.5 Å². The Morgan fingerprint density at radius 1 is 1.21 bits per heavy atom. The number of amides is 3. The average molecular weight is 476 g/mol. The second kappa shape index (κ2) is 8.92. The molecule has 1 aromatic carbocycles. The Morgan fingerprint density at radius 2 is 1.94 bits per heavy atom. The van der Waals surface area contributed by atoms with Crippen LogP contribution in [0.1, 0.15) is 57.7 Å². The molecule has 1 aromatic heterocycles. The lowest BCUT2D eigenvalue weighted by molar-refractivity contribution is -0.171. The summed E-state index contributed by atoms with van der Waals surface area (Å²) < 4.78 is 39.1. The van der Waals surface area contributed by atoms with Crippen molar-refractivity contribution in [3.63, 3.8) is 0 Å². The number of hydrogen-bond donors (Lipinski definition) is 3. The van der Waals surface area contributed by atoms with Crippen LogP contribution in [-0.2, 0) is 18.4 Å². The summed E-state index contributed by atoms with van der Waals surface area (Å²) in [5.41, 5.74) is 1.34. The number of nitrogens with zero attached hydrogens (tertiary/aromatic N) is 3. The third kappa shape index (κ3) is 4.52. The number of carbonyl (C=O) groups excluding carboxylic acids is 3. The van der Waals surface area contributed by atoms with E-state index in [-0.39, 0.29) is 35.0 Å². The van der Waals surface area contributed by atoms with E-state index < -0.39 is 17.9 Å². The molecule has 1 unspecified atom stereocenters. The van der Waals surface area contributed by atoms with Crippen molar-refractivity contribution in [2.45, 2.75) is 50.5 Å². The summed E-state index contributed by atoms with van der Waals surface area (Å²) in [4.78, 5) is 42.7. The second-order valence-corrected chi connectivity index (χ2v) is 8.45. The average Bonchev–Trinajstić information content (AvgIpc) is 3.36. The van der Waals surface area contributed by atoms with Crippen molar-refractivity contribution in [2.75, 3.05) is 0 Å². The summed E-state index contributed by atoms with van der Waals surface area (Å²) in [5.74, 6) is -3.59. The molecule has 1 fully saturated rings. The number of benzene rings is 1. The second-order valence-electron chi connectivity index (χ2n) is 8.45. The quantitative estimate of drug-likeness (QED) is 0.463. The Hall–Kier alpha value is -3.70. The standard InChI is InChI=1S/C22H23F3N6O3/c1-30-11-27-9-17(30)19(32)28-15-4-2-3-5-16(15)31-10-13-7-6-12(8-14(13)20(31)33)18(26)29-21(34)22(23,24)25/h6-9,11,15-16H,2-5,10H2,1H3,(H,28,32)(H2,26,29,34)/t15?,16-/m1/s1. The molecule has 1 aliphatic heterocycles. The van der Waals surface area contributed by atoms with Crippen molar-refractivity contribution in [1.29, 1.82) is 5.41 Å². The Kier molecular flexibility index (Phi) is 6.15. The highest BCUT2D eigenvalue weighted by atomic mass is 19.4. The maximum absolute atomic E-state index is 13.2. The van der Waals surface area contributed by atoms with Crippen molar-refractivity contribution >= 4 is 23.6 Å². The number of nitrogens with one attached hydrogen (secondary N) is 3. The van der Waals surface area contributed by atoms with Gasteiger partial charge in [0.1, 0.15) is 11.5 Å². The van der Waals surface area contributed by atoms with Crippen LogP contribution in [-0.4, -0.2) is 56.3 Å². The third-order valence-corrected chi connectivity index (χ3v) is 6.22. The number of fused-ring (bicyclic) bond motifs is 1. The van der Waals surface area contributed by atoms with E-state index in [0.717, 1.165) is 12.8 Å². The summed E-state index contributed by atoms with van der Waals surface area (Å²) in [6.45, 7) is 0.291. The summed E-state index contributed by atoms with van der Waals surface area (Å²) in [6, 6.07) is 3.78. The summed E-state index contributed by atoms with van der Waals surface area (Å²) >= 11 is 0. The molecule has 9 nitrogen and oxygen atoms in total. The number of alkyl halides is 3. The first-order valence-corrected chi connectivity index (χ1v) is 10.7. The first-order valence-electron chi connectivity index (χ1n) is 10.7. The Balaban J connectivity index is 1.50. The molecular weight excluding hydrogens is 453 g/mol. The van der Waals surface area contributed by atoms with Gasteiger partial charge in [-0.15, -0.1) is 0 Å². The van der Waals surface area contributed by atoms with E-state index in [9.17, 15) is 27.6 Å². The highest BCUT2D eigenvalue weighted by molar-refractivity contribution is 6.09. The maximum atomic E-state index is 13.2. The highest BCUT2D eigenvalue weighted by Gasteiger charge is 2.40. The van der Waals surface area contributed by atoms with E-state index in [2.05, 4.69) is 10.3 Å². The zero-order valence-electron chi connectivity index (χ0n) is 18.3. The molecule has 180 valence electrons. The van der Waals surface area contributed by atoms with Gasteiger partial charge < -0.3 is 20.1 Å². The van der Waals surface area contributed by atoms with Gasteiger partial charge in [0.05, 0.1) is 18.6 Å². The molecule has 2 heterocycles. The van der Waals surface area contributed by atoms with Crippen LogP contribution in [0.4, 0.5) is 13.2 Å². The number of aryl methyl sites for hydroxylation is 1. The van der Waals surface area contributed by atoms with Gasteiger partial charge in [0.25, 0.3) is 11.8 Å². The minimum Gasteiger partial charge on any atom is -0.346 e. The van der Waals surface area contributed by atoms with Gasteiger partial charge in [-0.25, -0.2) is 4.98 Å². The van der Waals surface area contributed by atoms with Gasteiger partial charge in [0.2, 0.25) is 0 Å².